The maximum Gasteiger partial charge on any atom is 0.128 e. The van der Waals surface area contributed by atoms with Gasteiger partial charge in [0, 0.05) is 0 Å². The Balaban J connectivity index is 2.49. The van der Waals surface area contributed by atoms with Crippen LogP contribution in [-0.2, 0) is 0 Å². The summed E-state index contributed by atoms with van der Waals surface area (Å²) in [5.41, 5.74) is 4.58. The zero-order valence-electron chi connectivity index (χ0n) is 6.26. The van der Waals surface area contributed by atoms with Crippen LogP contribution in [0.15, 0.2) is 17.6 Å². The molecule has 0 aromatic carbocycles. The van der Waals surface area contributed by atoms with Gasteiger partial charge in [-0.1, -0.05) is 11.3 Å². The highest BCUT2D eigenvalue weighted by atomic mass is 28.2. The van der Waals surface area contributed by atoms with E-state index >= 15 is 0 Å². The van der Waals surface area contributed by atoms with Crippen LogP contribution < -0.4 is 5.45 Å². The topological polar surface area (TPSA) is 41.6 Å². The van der Waals surface area contributed by atoms with Gasteiger partial charge in [0.05, 0.1) is 0 Å². The van der Waals surface area contributed by atoms with Gasteiger partial charge in [0.15, 0.2) is 0 Å². The summed E-state index contributed by atoms with van der Waals surface area (Å²) >= 11 is 0. The van der Waals surface area contributed by atoms with Crippen molar-refractivity contribution in [2.24, 2.45) is 0 Å². The Kier molecular flexibility index (Phi) is 2.39. The molecule has 4 heteroatoms. The van der Waals surface area contributed by atoms with E-state index in [1.54, 1.807) is 6.33 Å². The van der Waals surface area contributed by atoms with Gasteiger partial charge in [0.2, 0.25) is 0 Å². The SMILES string of the molecule is CC(C)=C[SiH2]c1nc[nH]n1. The van der Waals surface area contributed by atoms with Crippen LogP contribution in [0.5, 0.6) is 0 Å². The van der Waals surface area contributed by atoms with E-state index in [0.717, 1.165) is 5.45 Å². The van der Waals surface area contributed by atoms with Crippen LogP contribution in [-0.4, -0.2) is 24.7 Å². The number of aromatic amines is 1. The van der Waals surface area contributed by atoms with Crippen LogP contribution in [0.4, 0.5) is 0 Å². The Morgan fingerprint density at radius 3 is 3.00 bits per heavy atom. The lowest BCUT2D eigenvalue weighted by molar-refractivity contribution is 1.11. The maximum absolute atomic E-state index is 4.04. The number of rotatable bonds is 2. The molecular weight excluding hydrogens is 142 g/mol. The van der Waals surface area contributed by atoms with Crippen molar-refractivity contribution in [2.45, 2.75) is 13.8 Å². The number of nitrogens with one attached hydrogen (secondary N) is 1. The zero-order valence-corrected chi connectivity index (χ0v) is 7.67. The summed E-state index contributed by atoms with van der Waals surface area (Å²) < 4.78 is 0. The Hall–Kier alpha value is -0.903. The van der Waals surface area contributed by atoms with Gasteiger partial charge in [0.1, 0.15) is 21.3 Å². The molecule has 0 fully saturated rings. The Morgan fingerprint density at radius 2 is 2.50 bits per heavy atom. The van der Waals surface area contributed by atoms with E-state index in [0.29, 0.717) is 0 Å². The lowest BCUT2D eigenvalue weighted by Crippen LogP contribution is -2.16. The molecule has 0 amide bonds. The maximum atomic E-state index is 4.04. The normalized spacial score (nSPS) is 10.6. The summed E-state index contributed by atoms with van der Waals surface area (Å²) in [4.78, 5) is 4.04. The zero-order chi connectivity index (χ0) is 7.40. The smallest absolute Gasteiger partial charge is 0.128 e. The van der Waals surface area contributed by atoms with Gasteiger partial charge >= 0.3 is 0 Å². The first kappa shape index (κ1) is 7.21. The van der Waals surface area contributed by atoms with E-state index in [1.165, 1.54) is 5.57 Å². The molecular formula is C6H11N3Si. The highest BCUT2D eigenvalue weighted by Gasteiger charge is 1.91. The van der Waals surface area contributed by atoms with Crippen molar-refractivity contribution in [2.75, 3.05) is 0 Å². The van der Waals surface area contributed by atoms with Crippen LogP contribution in [0.1, 0.15) is 13.8 Å². The Labute approximate surface area is 62.4 Å². The van der Waals surface area contributed by atoms with Crippen LogP contribution in [0, 0.1) is 0 Å². The lowest BCUT2D eigenvalue weighted by Gasteiger charge is -1.85. The van der Waals surface area contributed by atoms with Gasteiger partial charge in [-0.05, 0) is 13.8 Å². The molecule has 1 heterocycles. The quantitative estimate of drug-likeness (QED) is 0.583. The predicted octanol–water partition coefficient (Wildman–Crippen LogP) is -0.478. The molecule has 0 aliphatic carbocycles. The summed E-state index contributed by atoms with van der Waals surface area (Å²) in [7, 11) is -0.332. The molecule has 1 N–H and O–H groups in total. The molecule has 0 aliphatic rings. The van der Waals surface area contributed by atoms with Gasteiger partial charge in [0.25, 0.3) is 0 Å². The van der Waals surface area contributed by atoms with Crippen LogP contribution >= 0.6 is 0 Å². The van der Waals surface area contributed by atoms with Crippen molar-refractivity contribution in [3.05, 3.63) is 17.6 Å². The van der Waals surface area contributed by atoms with Gasteiger partial charge < -0.3 is 0 Å². The van der Waals surface area contributed by atoms with Crippen LogP contribution in [0.3, 0.4) is 0 Å². The second kappa shape index (κ2) is 3.31. The minimum atomic E-state index is -0.332. The van der Waals surface area contributed by atoms with E-state index in [9.17, 15) is 0 Å². The summed E-state index contributed by atoms with van der Waals surface area (Å²) in [6, 6.07) is 0. The second-order valence-electron chi connectivity index (χ2n) is 2.40. The Bertz CT molecular complexity index is 211. The molecule has 1 aromatic rings. The lowest BCUT2D eigenvalue weighted by atomic mass is 10.4. The molecule has 0 spiro atoms. The third-order valence-electron chi connectivity index (χ3n) is 1.16. The monoisotopic (exact) mass is 153 g/mol. The van der Waals surface area contributed by atoms with Crippen molar-refractivity contribution in [1.29, 1.82) is 0 Å². The van der Waals surface area contributed by atoms with Crippen molar-refractivity contribution in [1.82, 2.24) is 15.2 Å². The van der Waals surface area contributed by atoms with Gasteiger partial charge in [-0.2, -0.15) is 5.10 Å². The molecule has 1 aromatic heterocycles. The molecule has 0 saturated heterocycles. The molecule has 0 unspecified atom stereocenters. The Morgan fingerprint density at radius 1 is 1.70 bits per heavy atom. The van der Waals surface area contributed by atoms with Gasteiger partial charge in [-0.3, -0.25) is 5.10 Å². The molecule has 10 heavy (non-hydrogen) atoms. The number of hydrogen-bond donors (Lipinski definition) is 1. The fraction of sp³-hybridized carbons (Fsp3) is 0.333. The second-order valence-corrected chi connectivity index (χ2v) is 3.85. The van der Waals surface area contributed by atoms with Gasteiger partial charge in [-0.15, -0.1) is 0 Å². The van der Waals surface area contributed by atoms with Crippen molar-refractivity contribution in [3.8, 4) is 0 Å². The number of hydrogen-bond acceptors (Lipinski definition) is 2. The van der Waals surface area contributed by atoms with Crippen LogP contribution in [0.25, 0.3) is 0 Å². The van der Waals surface area contributed by atoms with Crippen molar-refractivity contribution in [3.63, 3.8) is 0 Å². The highest BCUT2D eigenvalue weighted by Crippen LogP contribution is 1.83. The predicted molar refractivity (Wildman–Crippen MR) is 44.0 cm³/mol. The molecule has 0 saturated carbocycles. The van der Waals surface area contributed by atoms with E-state index < -0.39 is 0 Å². The number of allylic oxidation sites excluding steroid dienone is 1. The average molecular weight is 153 g/mol. The minimum Gasteiger partial charge on any atom is -0.266 e. The third kappa shape index (κ3) is 2.14. The summed E-state index contributed by atoms with van der Waals surface area (Å²) in [6.45, 7) is 4.19. The molecule has 1 rings (SSSR count). The molecule has 0 atom stereocenters. The van der Waals surface area contributed by atoms with Crippen LogP contribution in [0.2, 0.25) is 0 Å². The first-order valence-electron chi connectivity index (χ1n) is 3.27. The largest absolute Gasteiger partial charge is 0.266 e. The molecule has 3 nitrogen and oxygen atoms in total. The van der Waals surface area contributed by atoms with E-state index in [2.05, 4.69) is 34.7 Å². The van der Waals surface area contributed by atoms with Gasteiger partial charge in [-0.25, -0.2) is 4.98 Å². The van der Waals surface area contributed by atoms with E-state index in [4.69, 9.17) is 0 Å². The number of aromatic nitrogens is 3. The highest BCUT2D eigenvalue weighted by molar-refractivity contribution is 6.56. The van der Waals surface area contributed by atoms with Crippen molar-refractivity contribution < 1.29 is 0 Å². The van der Waals surface area contributed by atoms with E-state index in [1.807, 2.05) is 0 Å². The minimum absolute atomic E-state index is 0.332. The summed E-state index contributed by atoms with van der Waals surface area (Å²) in [5, 5.41) is 6.67. The average Bonchev–Trinajstić information content (AvgIpc) is 2.34. The fourth-order valence-electron chi connectivity index (χ4n) is 0.629. The molecule has 0 bridgehead atoms. The van der Waals surface area contributed by atoms with E-state index in [-0.39, 0.29) is 9.52 Å². The summed E-state index contributed by atoms with van der Waals surface area (Å²) in [6.07, 6.45) is 1.63. The third-order valence-corrected chi connectivity index (χ3v) is 2.88. The first-order chi connectivity index (χ1) is 4.79. The molecule has 0 aliphatic heterocycles. The standard InChI is InChI=1S/C6H11N3Si/c1-5(2)3-10-6-7-4-8-9-6/h3-4H,10H2,1-2H3,(H,7,8,9). The first-order valence-corrected chi connectivity index (χ1v) is 4.79. The molecule has 54 valence electrons. The fourth-order valence-corrected chi connectivity index (χ4v) is 1.60. The van der Waals surface area contributed by atoms with Crippen molar-refractivity contribution >= 4 is 15.0 Å². The molecule has 0 radical (unpaired) electrons. The number of H-pyrrole nitrogens is 1. The number of nitrogens with zero attached hydrogens (tertiary/aromatic N) is 2. The summed E-state index contributed by atoms with van der Waals surface area (Å²) in [5.74, 6) is 0.